The van der Waals surface area contributed by atoms with Crippen molar-refractivity contribution < 1.29 is 9.52 Å². The van der Waals surface area contributed by atoms with E-state index in [4.69, 9.17) is 16.0 Å². The molecule has 5 heteroatoms. The fraction of sp³-hybridized carbons (Fsp3) is 0.0476. The number of fused-ring (bicyclic) bond motifs is 1. The second kappa shape index (κ2) is 6.65. The van der Waals surface area contributed by atoms with Gasteiger partial charge in [-0.05, 0) is 49.4 Å². The highest BCUT2D eigenvalue weighted by atomic mass is 35.5. The highest BCUT2D eigenvalue weighted by Gasteiger charge is 2.09. The highest BCUT2D eigenvalue weighted by molar-refractivity contribution is 6.30. The summed E-state index contributed by atoms with van der Waals surface area (Å²) in [6.45, 7) is 2.03. The Morgan fingerprint density at radius 2 is 1.96 bits per heavy atom. The largest absolute Gasteiger partial charge is 0.507 e. The molecule has 0 aliphatic rings. The average Bonchev–Trinajstić information content (AvgIpc) is 3.06. The topological polar surface area (TPSA) is 58.6 Å². The minimum Gasteiger partial charge on any atom is -0.507 e. The normalized spacial score (nSPS) is 11.5. The summed E-state index contributed by atoms with van der Waals surface area (Å²) in [4.78, 5) is 8.93. The molecule has 0 saturated heterocycles. The van der Waals surface area contributed by atoms with Crippen LogP contribution < -0.4 is 0 Å². The van der Waals surface area contributed by atoms with Crippen LogP contribution in [0.15, 0.2) is 70.1 Å². The number of benzene rings is 3. The molecule has 0 fully saturated rings. The third-order valence-corrected chi connectivity index (χ3v) is 4.21. The van der Waals surface area contributed by atoms with Crippen molar-refractivity contribution in [3.8, 4) is 17.2 Å². The van der Waals surface area contributed by atoms with Gasteiger partial charge in [0.05, 0.1) is 5.69 Å². The molecule has 4 aromatic rings. The van der Waals surface area contributed by atoms with Gasteiger partial charge in [-0.2, -0.15) is 0 Å². The Bertz CT molecular complexity index is 1130. The van der Waals surface area contributed by atoms with Crippen molar-refractivity contribution in [3.63, 3.8) is 0 Å². The molecule has 0 saturated carbocycles. The van der Waals surface area contributed by atoms with Gasteiger partial charge in [0.1, 0.15) is 11.3 Å². The molecule has 0 atom stereocenters. The van der Waals surface area contributed by atoms with Crippen molar-refractivity contribution in [2.24, 2.45) is 4.99 Å². The molecule has 1 N–H and O–H groups in total. The third kappa shape index (κ3) is 3.32. The number of rotatable bonds is 3. The molecule has 0 bridgehead atoms. The summed E-state index contributed by atoms with van der Waals surface area (Å²) >= 11 is 5.95. The number of hydrogen-bond donors (Lipinski definition) is 1. The molecule has 1 heterocycles. The first-order chi connectivity index (χ1) is 12.6. The maximum atomic E-state index is 9.86. The van der Waals surface area contributed by atoms with Gasteiger partial charge < -0.3 is 9.52 Å². The molecule has 4 rings (SSSR count). The minimum absolute atomic E-state index is 0.126. The molecule has 0 radical (unpaired) electrons. The number of aromatic hydroxyl groups is 1. The number of halogens is 1. The molecule has 0 unspecified atom stereocenters. The van der Waals surface area contributed by atoms with Crippen molar-refractivity contribution in [2.45, 2.75) is 6.92 Å². The number of aliphatic imine (C=N–C) groups is 1. The lowest BCUT2D eigenvalue weighted by Crippen LogP contribution is -1.82. The predicted octanol–water partition coefficient (Wildman–Crippen LogP) is 5.91. The van der Waals surface area contributed by atoms with Crippen molar-refractivity contribution in [1.82, 2.24) is 4.98 Å². The van der Waals surface area contributed by atoms with Crippen LogP contribution in [-0.2, 0) is 0 Å². The second-order valence-corrected chi connectivity index (χ2v) is 6.44. The van der Waals surface area contributed by atoms with Crippen LogP contribution in [-0.4, -0.2) is 16.3 Å². The summed E-state index contributed by atoms with van der Waals surface area (Å²) < 4.78 is 5.89. The first-order valence-electron chi connectivity index (χ1n) is 8.09. The van der Waals surface area contributed by atoms with Gasteiger partial charge in [0.15, 0.2) is 5.58 Å². The fourth-order valence-electron chi connectivity index (χ4n) is 2.67. The van der Waals surface area contributed by atoms with Crippen molar-refractivity contribution in [2.75, 3.05) is 0 Å². The Kier molecular flexibility index (Phi) is 4.19. The van der Waals surface area contributed by atoms with Crippen molar-refractivity contribution >= 4 is 34.6 Å². The first-order valence-corrected chi connectivity index (χ1v) is 8.46. The predicted molar refractivity (Wildman–Crippen MR) is 105 cm³/mol. The molecule has 0 aliphatic heterocycles. The summed E-state index contributed by atoms with van der Waals surface area (Å²) in [7, 11) is 0. The maximum absolute atomic E-state index is 9.86. The van der Waals surface area contributed by atoms with Gasteiger partial charge in [0.25, 0.3) is 0 Å². The average molecular weight is 363 g/mol. The van der Waals surface area contributed by atoms with Crippen LogP contribution in [0.1, 0.15) is 11.1 Å². The van der Waals surface area contributed by atoms with E-state index in [0.717, 1.165) is 16.6 Å². The third-order valence-electron chi connectivity index (χ3n) is 3.98. The molecular formula is C21H15ClN2O2. The van der Waals surface area contributed by atoms with Gasteiger partial charge in [0.2, 0.25) is 5.89 Å². The SMILES string of the molecule is Cc1cccc(-c2nc3ccc(N=Cc4cc(Cl)ccc4O)cc3o2)c1. The maximum Gasteiger partial charge on any atom is 0.227 e. The number of hydrogen-bond acceptors (Lipinski definition) is 4. The lowest BCUT2D eigenvalue weighted by Gasteiger charge is -1.99. The number of nitrogens with zero attached hydrogens (tertiary/aromatic N) is 2. The quantitative estimate of drug-likeness (QED) is 0.460. The van der Waals surface area contributed by atoms with Crippen LogP contribution >= 0.6 is 11.6 Å². The molecular weight excluding hydrogens is 348 g/mol. The van der Waals surface area contributed by atoms with Gasteiger partial charge in [-0.15, -0.1) is 0 Å². The highest BCUT2D eigenvalue weighted by Crippen LogP contribution is 2.28. The van der Waals surface area contributed by atoms with Gasteiger partial charge in [-0.3, -0.25) is 4.99 Å². The number of phenols is 1. The van der Waals surface area contributed by atoms with Crippen LogP contribution in [0.2, 0.25) is 5.02 Å². The zero-order valence-corrected chi connectivity index (χ0v) is 14.7. The second-order valence-electron chi connectivity index (χ2n) is 6.00. The Morgan fingerprint density at radius 3 is 2.81 bits per heavy atom. The zero-order valence-electron chi connectivity index (χ0n) is 14.0. The van der Waals surface area contributed by atoms with Gasteiger partial charge in [-0.1, -0.05) is 29.3 Å². The number of oxazole rings is 1. The van der Waals surface area contributed by atoms with Gasteiger partial charge >= 0.3 is 0 Å². The molecule has 3 aromatic carbocycles. The van der Waals surface area contributed by atoms with E-state index in [-0.39, 0.29) is 5.75 Å². The molecule has 0 aliphatic carbocycles. The Balaban J connectivity index is 1.67. The van der Waals surface area contributed by atoms with Gasteiger partial charge in [-0.25, -0.2) is 4.98 Å². The number of aryl methyl sites for hydroxylation is 1. The standard InChI is InChI=1S/C21H15ClN2O2/c1-13-3-2-4-14(9-13)21-24-18-7-6-17(11-20(18)26-21)23-12-15-10-16(22)5-8-19(15)25/h2-12,25H,1H3. The number of phenolic OH excluding ortho intramolecular Hbond substituents is 1. The van der Waals surface area contributed by atoms with E-state index in [9.17, 15) is 5.11 Å². The van der Waals surface area contributed by atoms with E-state index in [0.29, 0.717) is 27.7 Å². The molecule has 26 heavy (non-hydrogen) atoms. The van der Waals surface area contributed by atoms with E-state index in [1.807, 2.05) is 49.4 Å². The van der Waals surface area contributed by atoms with Gasteiger partial charge in [0, 0.05) is 28.4 Å². The van der Waals surface area contributed by atoms with E-state index in [1.54, 1.807) is 18.3 Å². The van der Waals surface area contributed by atoms with Crippen LogP contribution in [0.4, 0.5) is 5.69 Å². The van der Waals surface area contributed by atoms with E-state index < -0.39 is 0 Å². The summed E-state index contributed by atoms with van der Waals surface area (Å²) in [5.74, 6) is 0.706. The minimum atomic E-state index is 0.126. The van der Waals surface area contributed by atoms with E-state index in [2.05, 4.69) is 9.98 Å². The van der Waals surface area contributed by atoms with E-state index in [1.165, 1.54) is 6.07 Å². The monoisotopic (exact) mass is 362 g/mol. The molecule has 0 spiro atoms. The Hall–Kier alpha value is -3.11. The van der Waals surface area contributed by atoms with Crippen molar-refractivity contribution in [3.05, 3.63) is 76.8 Å². The summed E-state index contributed by atoms with van der Waals surface area (Å²) in [6, 6.07) is 18.4. The summed E-state index contributed by atoms with van der Waals surface area (Å²) in [5, 5.41) is 10.4. The summed E-state index contributed by atoms with van der Waals surface area (Å²) in [6.07, 6.45) is 1.57. The lowest BCUT2D eigenvalue weighted by atomic mass is 10.1. The van der Waals surface area contributed by atoms with Crippen LogP contribution in [0, 0.1) is 6.92 Å². The first kappa shape index (κ1) is 16.4. The van der Waals surface area contributed by atoms with Crippen LogP contribution in [0.5, 0.6) is 5.75 Å². The van der Waals surface area contributed by atoms with Crippen molar-refractivity contribution in [1.29, 1.82) is 0 Å². The van der Waals surface area contributed by atoms with Crippen LogP contribution in [0.3, 0.4) is 0 Å². The Morgan fingerprint density at radius 1 is 1.08 bits per heavy atom. The van der Waals surface area contributed by atoms with Crippen LogP contribution in [0.25, 0.3) is 22.6 Å². The Labute approximate surface area is 155 Å². The molecule has 0 amide bonds. The molecule has 4 nitrogen and oxygen atoms in total. The zero-order chi connectivity index (χ0) is 18.1. The smallest absolute Gasteiger partial charge is 0.227 e. The molecule has 1 aromatic heterocycles. The summed E-state index contributed by atoms with van der Waals surface area (Å²) in [5.41, 5.74) is 4.77. The molecule has 128 valence electrons. The fourth-order valence-corrected chi connectivity index (χ4v) is 2.85. The lowest BCUT2D eigenvalue weighted by molar-refractivity contribution is 0.474. The number of aromatic nitrogens is 1. The van der Waals surface area contributed by atoms with E-state index >= 15 is 0 Å².